The number of esters is 1. The zero-order valence-corrected chi connectivity index (χ0v) is 24.2. The Morgan fingerprint density at radius 3 is 2.52 bits per heavy atom. The fourth-order valence-corrected chi connectivity index (χ4v) is 8.94. The molecule has 1 spiro atoms. The van der Waals surface area contributed by atoms with Crippen LogP contribution in [0.5, 0.6) is 0 Å². The summed E-state index contributed by atoms with van der Waals surface area (Å²) in [5, 5.41) is 5.75. The molecule has 8 heteroatoms. The highest BCUT2D eigenvalue weighted by Crippen LogP contribution is 2.59. The van der Waals surface area contributed by atoms with Crippen molar-refractivity contribution in [3.05, 3.63) is 40.8 Å². The van der Waals surface area contributed by atoms with Gasteiger partial charge in [-0.1, -0.05) is 16.5 Å². The van der Waals surface area contributed by atoms with Crippen molar-refractivity contribution in [2.45, 2.75) is 121 Å². The third-order valence-electron chi connectivity index (χ3n) is 10.4. The molecule has 40 heavy (non-hydrogen) atoms. The molecule has 1 aromatic carbocycles. The highest BCUT2D eigenvalue weighted by Gasteiger charge is 2.47. The fraction of sp³-hybridized carbons (Fsp3) is 0.656. The molecule has 4 heterocycles. The van der Waals surface area contributed by atoms with Crippen LogP contribution in [-0.4, -0.2) is 40.9 Å². The Hall–Kier alpha value is -2.45. The molecule has 3 aromatic rings. The van der Waals surface area contributed by atoms with E-state index >= 15 is 0 Å². The predicted molar refractivity (Wildman–Crippen MR) is 154 cm³/mol. The maximum atomic E-state index is 12.2. The van der Waals surface area contributed by atoms with Gasteiger partial charge in [0.05, 0.1) is 40.8 Å². The number of rotatable bonds is 8. The zero-order valence-electron chi connectivity index (χ0n) is 23.4. The number of thiazole rings is 1. The van der Waals surface area contributed by atoms with Gasteiger partial charge in [-0.25, -0.2) is 9.78 Å². The van der Waals surface area contributed by atoms with Gasteiger partial charge in [0.2, 0.25) is 0 Å². The van der Waals surface area contributed by atoms with Crippen molar-refractivity contribution in [2.75, 3.05) is 11.5 Å². The van der Waals surface area contributed by atoms with E-state index < -0.39 is 0 Å². The Kier molecular flexibility index (Phi) is 6.21. The van der Waals surface area contributed by atoms with E-state index in [1.165, 1.54) is 75.5 Å². The maximum Gasteiger partial charge on any atom is 0.338 e. The first-order chi connectivity index (χ1) is 19.6. The molecule has 5 aliphatic rings. The second-order valence-corrected chi connectivity index (χ2v) is 14.1. The Morgan fingerprint density at radius 1 is 1.05 bits per heavy atom. The van der Waals surface area contributed by atoms with Gasteiger partial charge in [0.15, 0.2) is 5.13 Å². The van der Waals surface area contributed by atoms with Gasteiger partial charge in [-0.15, -0.1) is 0 Å². The van der Waals surface area contributed by atoms with Crippen molar-refractivity contribution in [1.82, 2.24) is 10.1 Å². The minimum Gasteiger partial charge on any atom is -0.462 e. The van der Waals surface area contributed by atoms with Gasteiger partial charge in [-0.3, -0.25) is 0 Å². The summed E-state index contributed by atoms with van der Waals surface area (Å²) < 4.78 is 19.0. The Bertz CT molecular complexity index is 1400. The second-order valence-electron chi connectivity index (χ2n) is 13.1. The molecule has 2 atom stereocenters. The number of ether oxygens (including phenoxy) is 2. The van der Waals surface area contributed by atoms with Crippen molar-refractivity contribution in [1.29, 1.82) is 0 Å². The van der Waals surface area contributed by atoms with Gasteiger partial charge in [-0.2, -0.15) is 0 Å². The van der Waals surface area contributed by atoms with E-state index in [2.05, 4.69) is 10.1 Å². The second kappa shape index (κ2) is 9.83. The minimum atomic E-state index is -0.270. The molecule has 2 saturated heterocycles. The third-order valence-corrected chi connectivity index (χ3v) is 11.5. The average Bonchev–Trinajstić information content (AvgIpc) is 3.84. The molecule has 0 radical (unpaired) electrons. The number of nitrogens with zero attached hydrogens (tertiary/aromatic N) is 3. The van der Waals surface area contributed by atoms with Crippen molar-refractivity contribution < 1.29 is 18.8 Å². The lowest BCUT2D eigenvalue weighted by Crippen LogP contribution is -2.45. The largest absolute Gasteiger partial charge is 0.462 e. The molecular weight excluding hydrogens is 522 g/mol. The molecule has 8 rings (SSSR count). The normalized spacial score (nSPS) is 27.5. The first-order valence-corrected chi connectivity index (χ1v) is 16.4. The number of fused-ring (bicyclic) bond motifs is 3. The SMILES string of the molecule is CCOC(=O)c1ccc2nc(N3C4CCC3CC(OCc3c(C5CCC6(CC5)CC6)noc3C3CC3)C4)sc2c1. The summed E-state index contributed by atoms with van der Waals surface area (Å²) in [5.74, 6) is 1.95. The lowest BCUT2D eigenvalue weighted by atomic mass is 9.77. The van der Waals surface area contributed by atoms with Crippen LogP contribution >= 0.6 is 11.3 Å². The van der Waals surface area contributed by atoms with E-state index in [9.17, 15) is 4.79 Å². The number of benzene rings is 1. The molecule has 3 saturated carbocycles. The van der Waals surface area contributed by atoms with E-state index in [1.807, 2.05) is 25.1 Å². The topological polar surface area (TPSA) is 77.7 Å². The summed E-state index contributed by atoms with van der Waals surface area (Å²) in [4.78, 5) is 19.8. The molecular formula is C32H39N3O4S. The molecule has 2 bridgehead atoms. The van der Waals surface area contributed by atoms with Gasteiger partial charge in [0.1, 0.15) is 5.76 Å². The van der Waals surface area contributed by atoms with Gasteiger partial charge in [0, 0.05) is 29.5 Å². The van der Waals surface area contributed by atoms with Crippen LogP contribution in [0.1, 0.15) is 123 Å². The van der Waals surface area contributed by atoms with E-state index in [0.717, 1.165) is 34.0 Å². The van der Waals surface area contributed by atoms with Gasteiger partial charge >= 0.3 is 5.97 Å². The molecule has 3 aliphatic carbocycles. The standard InChI is InChI=1S/C32H39N3O4S/c1-2-37-30(36)21-5-8-26-27(15-21)40-31(33-26)35-22-6-7-23(35)17-24(16-22)38-18-25-28(34-39-29(25)20-3-4-20)19-9-11-32(12-10-19)13-14-32/h5,8,15,19-20,22-24H,2-4,6-7,9-14,16-18H2,1H3. The first kappa shape index (κ1) is 25.3. The van der Waals surface area contributed by atoms with Gasteiger partial charge < -0.3 is 18.9 Å². The number of carbonyl (C=O) groups excluding carboxylic acids is 1. The number of anilines is 1. The summed E-state index contributed by atoms with van der Waals surface area (Å²) >= 11 is 1.69. The van der Waals surface area contributed by atoms with Crippen LogP contribution in [0.15, 0.2) is 22.7 Å². The molecule has 5 fully saturated rings. The van der Waals surface area contributed by atoms with Crippen molar-refractivity contribution in [3.63, 3.8) is 0 Å². The maximum absolute atomic E-state index is 12.2. The Labute approximate surface area is 239 Å². The van der Waals surface area contributed by atoms with Crippen LogP contribution in [0.3, 0.4) is 0 Å². The van der Waals surface area contributed by atoms with Crippen LogP contribution in [0.25, 0.3) is 10.2 Å². The summed E-state index contributed by atoms with van der Waals surface area (Å²) in [5.41, 5.74) is 4.75. The summed E-state index contributed by atoms with van der Waals surface area (Å²) in [7, 11) is 0. The van der Waals surface area contributed by atoms with Crippen LogP contribution in [0.2, 0.25) is 0 Å². The lowest BCUT2D eigenvalue weighted by Gasteiger charge is -2.38. The number of piperidine rings is 1. The molecule has 7 nitrogen and oxygen atoms in total. The monoisotopic (exact) mass is 561 g/mol. The first-order valence-electron chi connectivity index (χ1n) is 15.5. The lowest BCUT2D eigenvalue weighted by molar-refractivity contribution is 0.0140. The zero-order chi connectivity index (χ0) is 26.8. The summed E-state index contributed by atoms with van der Waals surface area (Å²) in [6.45, 7) is 2.86. The minimum absolute atomic E-state index is 0.259. The molecule has 2 aromatic heterocycles. The van der Waals surface area contributed by atoms with Crippen molar-refractivity contribution in [3.8, 4) is 0 Å². The summed E-state index contributed by atoms with van der Waals surface area (Å²) in [6, 6.07) is 6.60. The van der Waals surface area contributed by atoms with Crippen LogP contribution in [-0.2, 0) is 16.1 Å². The molecule has 2 aliphatic heterocycles. The van der Waals surface area contributed by atoms with Crippen molar-refractivity contribution >= 4 is 32.7 Å². The van der Waals surface area contributed by atoms with E-state index in [0.29, 0.717) is 48.1 Å². The molecule has 212 valence electrons. The van der Waals surface area contributed by atoms with Crippen LogP contribution < -0.4 is 4.90 Å². The molecule has 0 amide bonds. The Morgan fingerprint density at radius 2 is 1.82 bits per heavy atom. The quantitative estimate of drug-likeness (QED) is 0.264. The highest BCUT2D eigenvalue weighted by atomic mass is 32.1. The summed E-state index contributed by atoms with van der Waals surface area (Å²) in [6.07, 6.45) is 15.3. The number of hydrogen-bond acceptors (Lipinski definition) is 8. The van der Waals surface area contributed by atoms with Crippen LogP contribution in [0, 0.1) is 5.41 Å². The predicted octanol–water partition coefficient (Wildman–Crippen LogP) is 7.49. The van der Waals surface area contributed by atoms with E-state index in [4.69, 9.17) is 19.0 Å². The number of hydrogen-bond donors (Lipinski definition) is 0. The van der Waals surface area contributed by atoms with Crippen LogP contribution in [0.4, 0.5) is 5.13 Å². The third kappa shape index (κ3) is 4.55. The fourth-order valence-electron chi connectivity index (χ4n) is 7.79. The smallest absolute Gasteiger partial charge is 0.338 e. The Balaban J connectivity index is 0.955. The molecule has 2 unspecified atom stereocenters. The molecule has 0 N–H and O–H groups in total. The van der Waals surface area contributed by atoms with Gasteiger partial charge in [-0.05, 0) is 108 Å². The van der Waals surface area contributed by atoms with Crippen molar-refractivity contribution in [2.24, 2.45) is 5.41 Å². The number of carbonyl (C=O) groups is 1. The number of aromatic nitrogens is 2. The highest BCUT2D eigenvalue weighted by molar-refractivity contribution is 7.22. The van der Waals surface area contributed by atoms with E-state index in [1.54, 1.807) is 11.3 Å². The van der Waals surface area contributed by atoms with Gasteiger partial charge in [0.25, 0.3) is 0 Å². The average molecular weight is 562 g/mol. The van der Waals surface area contributed by atoms with E-state index in [-0.39, 0.29) is 12.1 Å².